The van der Waals surface area contributed by atoms with Gasteiger partial charge in [-0.25, -0.2) is 4.98 Å². The number of carbonyl (C=O) groups excluding carboxylic acids is 1. The van der Waals surface area contributed by atoms with Gasteiger partial charge in [-0.15, -0.1) is 11.3 Å². The van der Waals surface area contributed by atoms with Crippen molar-refractivity contribution in [3.8, 4) is 0 Å². The summed E-state index contributed by atoms with van der Waals surface area (Å²) >= 11 is 1.42. The third kappa shape index (κ3) is 3.98. The van der Waals surface area contributed by atoms with Crippen LogP contribution in [0.15, 0.2) is 5.38 Å². The fourth-order valence-electron chi connectivity index (χ4n) is 2.73. The molecule has 0 aliphatic heterocycles. The van der Waals surface area contributed by atoms with Gasteiger partial charge in [0.15, 0.2) is 0 Å². The summed E-state index contributed by atoms with van der Waals surface area (Å²) in [6.07, 6.45) is -0.768. The Hall–Kier alpha value is -1.15. The summed E-state index contributed by atoms with van der Waals surface area (Å²) < 4.78 is 42.6. The van der Waals surface area contributed by atoms with Gasteiger partial charge in [0.1, 0.15) is 0 Å². The van der Waals surface area contributed by atoms with Crippen molar-refractivity contribution in [2.75, 3.05) is 13.7 Å². The zero-order chi connectivity index (χ0) is 16.2. The van der Waals surface area contributed by atoms with Crippen LogP contribution in [0.2, 0.25) is 0 Å². The number of nitrogens with zero attached hydrogens (tertiary/aromatic N) is 1. The number of ether oxygens (including phenoxy) is 1. The number of nitrogens with one attached hydrogen (secondary N) is 1. The molecule has 0 unspecified atom stereocenters. The van der Waals surface area contributed by atoms with Crippen molar-refractivity contribution in [1.82, 2.24) is 10.3 Å². The van der Waals surface area contributed by atoms with Crippen LogP contribution in [0, 0.1) is 0 Å². The summed E-state index contributed by atoms with van der Waals surface area (Å²) in [7, 11) is 1.62. The molecule has 124 valence electrons. The van der Waals surface area contributed by atoms with Crippen molar-refractivity contribution < 1.29 is 22.7 Å². The van der Waals surface area contributed by atoms with Crippen LogP contribution in [0.25, 0.3) is 0 Å². The summed E-state index contributed by atoms with van der Waals surface area (Å²) in [6.45, 7) is 0.616. The van der Waals surface area contributed by atoms with Crippen molar-refractivity contribution in [1.29, 1.82) is 0 Å². The van der Waals surface area contributed by atoms with Crippen molar-refractivity contribution in [3.05, 3.63) is 16.1 Å². The molecule has 1 fully saturated rings. The van der Waals surface area contributed by atoms with E-state index in [2.05, 4.69) is 10.3 Å². The highest BCUT2D eigenvalue weighted by Crippen LogP contribution is 2.40. The number of amides is 1. The fourth-order valence-corrected chi connectivity index (χ4v) is 3.66. The Kier molecular flexibility index (Phi) is 5.44. The number of aryl methyl sites for hydroxylation is 1. The van der Waals surface area contributed by atoms with Crippen LogP contribution < -0.4 is 5.32 Å². The van der Waals surface area contributed by atoms with E-state index in [9.17, 15) is 18.0 Å². The third-order valence-electron chi connectivity index (χ3n) is 3.85. The molecule has 1 saturated carbocycles. The highest BCUT2D eigenvalue weighted by molar-refractivity contribution is 7.09. The number of thiazole rings is 1. The van der Waals surface area contributed by atoms with Crippen molar-refractivity contribution >= 4 is 17.2 Å². The lowest BCUT2D eigenvalue weighted by Gasteiger charge is -2.29. The van der Waals surface area contributed by atoms with E-state index in [0.717, 1.165) is 30.7 Å². The molecule has 1 heterocycles. The van der Waals surface area contributed by atoms with E-state index < -0.39 is 17.6 Å². The number of alkyl halides is 3. The molecule has 0 radical (unpaired) electrons. The summed E-state index contributed by atoms with van der Waals surface area (Å²) in [5, 5.41) is 4.81. The van der Waals surface area contributed by atoms with Crippen LogP contribution in [-0.2, 0) is 21.5 Å². The first-order chi connectivity index (χ1) is 10.4. The number of aromatic nitrogens is 1. The predicted molar refractivity (Wildman–Crippen MR) is 76.7 cm³/mol. The number of hydrogen-bond donors (Lipinski definition) is 1. The molecule has 0 saturated heterocycles. The van der Waals surface area contributed by atoms with Crippen LogP contribution in [0.3, 0.4) is 0 Å². The van der Waals surface area contributed by atoms with Gasteiger partial charge in [-0.2, -0.15) is 13.2 Å². The molecule has 0 aromatic carbocycles. The first-order valence-electron chi connectivity index (χ1n) is 7.20. The lowest BCUT2D eigenvalue weighted by Crippen LogP contribution is -2.49. The molecule has 1 aromatic heterocycles. The standard InChI is InChI=1S/C14H19F3N2O2S/c1-21-8-4-5-11-18-10(9-22-11)13(6-2-3-7-13)19-12(20)14(15,16)17/h9H,2-8H2,1H3,(H,19,20). The van der Waals surface area contributed by atoms with Crippen LogP contribution in [0.5, 0.6) is 0 Å². The number of methoxy groups -OCH3 is 1. The highest BCUT2D eigenvalue weighted by atomic mass is 32.1. The predicted octanol–water partition coefficient (Wildman–Crippen LogP) is 3.17. The minimum atomic E-state index is -4.87. The third-order valence-corrected chi connectivity index (χ3v) is 4.76. The molecule has 1 aliphatic rings. The van der Waals surface area contributed by atoms with Gasteiger partial charge in [0, 0.05) is 25.5 Å². The normalized spacial score (nSPS) is 17.6. The Morgan fingerprint density at radius 2 is 2.14 bits per heavy atom. The summed E-state index contributed by atoms with van der Waals surface area (Å²) in [6, 6.07) is 0. The molecule has 1 aromatic rings. The molecular formula is C14H19F3N2O2S. The van der Waals surface area contributed by atoms with Crippen molar-refractivity contribution in [3.63, 3.8) is 0 Å². The summed E-state index contributed by atoms with van der Waals surface area (Å²) in [4.78, 5) is 15.8. The van der Waals surface area contributed by atoms with Crippen molar-refractivity contribution in [2.45, 2.75) is 50.2 Å². The zero-order valence-corrected chi connectivity index (χ0v) is 13.1. The Bertz CT molecular complexity index is 510. The Morgan fingerprint density at radius 3 is 2.73 bits per heavy atom. The van der Waals surface area contributed by atoms with Crippen LogP contribution in [-0.4, -0.2) is 30.8 Å². The molecule has 1 amide bonds. The minimum Gasteiger partial charge on any atom is -0.385 e. The van der Waals surface area contributed by atoms with E-state index >= 15 is 0 Å². The lowest BCUT2D eigenvalue weighted by molar-refractivity contribution is -0.176. The highest BCUT2D eigenvalue weighted by Gasteiger charge is 2.46. The molecular weight excluding hydrogens is 317 g/mol. The van der Waals surface area contributed by atoms with Crippen molar-refractivity contribution in [2.24, 2.45) is 0 Å². The first kappa shape index (κ1) is 17.2. The van der Waals surface area contributed by atoms with E-state index in [1.807, 2.05) is 0 Å². The van der Waals surface area contributed by atoms with Gasteiger partial charge in [-0.05, 0) is 19.3 Å². The fraction of sp³-hybridized carbons (Fsp3) is 0.714. The molecule has 0 spiro atoms. The number of rotatable bonds is 6. The summed E-state index contributed by atoms with van der Waals surface area (Å²) in [5.74, 6) is -1.89. The van der Waals surface area contributed by atoms with Crippen LogP contribution in [0.1, 0.15) is 42.8 Å². The number of carbonyl (C=O) groups is 1. The largest absolute Gasteiger partial charge is 0.471 e. The Labute approximate surface area is 131 Å². The van der Waals surface area contributed by atoms with Gasteiger partial charge >= 0.3 is 12.1 Å². The van der Waals surface area contributed by atoms with E-state index in [-0.39, 0.29) is 0 Å². The molecule has 1 aliphatic carbocycles. The van der Waals surface area contributed by atoms with E-state index in [0.29, 0.717) is 25.1 Å². The summed E-state index contributed by atoms with van der Waals surface area (Å²) in [5.41, 5.74) is -0.414. The van der Waals surface area contributed by atoms with Gasteiger partial charge in [-0.3, -0.25) is 4.79 Å². The SMILES string of the molecule is COCCCc1nc(C2(NC(=O)C(F)(F)F)CCCC2)cs1. The molecule has 0 bridgehead atoms. The molecule has 2 rings (SSSR count). The minimum absolute atomic E-state index is 0.496. The molecule has 1 N–H and O–H groups in total. The second-order valence-electron chi connectivity index (χ2n) is 5.46. The van der Waals surface area contributed by atoms with Gasteiger partial charge in [0.05, 0.1) is 16.2 Å². The average Bonchev–Trinajstić information content (AvgIpc) is 3.08. The monoisotopic (exact) mass is 336 g/mol. The zero-order valence-electron chi connectivity index (χ0n) is 12.3. The molecule has 0 atom stereocenters. The first-order valence-corrected chi connectivity index (χ1v) is 8.08. The van der Waals surface area contributed by atoms with Gasteiger partial charge < -0.3 is 10.1 Å². The number of halogens is 3. The second-order valence-corrected chi connectivity index (χ2v) is 6.41. The van der Waals surface area contributed by atoms with Crippen LogP contribution >= 0.6 is 11.3 Å². The average molecular weight is 336 g/mol. The molecule has 4 nitrogen and oxygen atoms in total. The number of hydrogen-bond acceptors (Lipinski definition) is 4. The van der Waals surface area contributed by atoms with E-state index in [4.69, 9.17) is 4.74 Å². The Morgan fingerprint density at radius 1 is 1.45 bits per heavy atom. The van der Waals surface area contributed by atoms with Gasteiger partial charge in [0.2, 0.25) is 0 Å². The van der Waals surface area contributed by atoms with Gasteiger partial charge in [-0.1, -0.05) is 12.8 Å². The molecule has 22 heavy (non-hydrogen) atoms. The van der Waals surface area contributed by atoms with E-state index in [1.54, 1.807) is 12.5 Å². The second kappa shape index (κ2) is 6.95. The topological polar surface area (TPSA) is 51.2 Å². The van der Waals surface area contributed by atoms with Crippen LogP contribution in [0.4, 0.5) is 13.2 Å². The maximum absolute atomic E-state index is 12.6. The quantitative estimate of drug-likeness (QED) is 0.812. The maximum atomic E-state index is 12.6. The van der Waals surface area contributed by atoms with Gasteiger partial charge in [0.25, 0.3) is 0 Å². The van der Waals surface area contributed by atoms with E-state index in [1.165, 1.54) is 11.3 Å². The lowest BCUT2D eigenvalue weighted by atomic mass is 9.94. The Balaban J connectivity index is 2.12. The molecule has 8 heteroatoms. The smallest absolute Gasteiger partial charge is 0.385 e. The maximum Gasteiger partial charge on any atom is 0.471 e.